The molecule has 1 aliphatic heterocycles. The van der Waals surface area contributed by atoms with Gasteiger partial charge in [-0.15, -0.1) is 0 Å². The molecule has 1 aliphatic rings. The van der Waals surface area contributed by atoms with Crippen LogP contribution in [0.1, 0.15) is 19.3 Å². The second-order valence-electron chi connectivity index (χ2n) is 5.82. The number of ether oxygens (including phenoxy) is 1. The van der Waals surface area contributed by atoms with E-state index in [2.05, 4.69) is 5.32 Å². The smallest absolute Gasteiger partial charge is 0.262 e. The van der Waals surface area contributed by atoms with E-state index in [1.165, 1.54) is 12.1 Å². The standard InChI is InChI=1S/C19H19FN2O3/c20-16-8-1-2-9-17(16)25-13-18(23)21-14-6-5-7-15(12-14)22-11-4-3-10-19(22)24/h1-2,5-9,12H,3-4,10-11,13H2,(H,21,23). The zero-order valence-electron chi connectivity index (χ0n) is 13.7. The molecule has 2 amide bonds. The molecule has 2 aromatic rings. The van der Waals surface area contributed by atoms with Gasteiger partial charge in [0.2, 0.25) is 5.91 Å². The number of rotatable bonds is 5. The third-order valence-corrected chi connectivity index (χ3v) is 3.96. The summed E-state index contributed by atoms with van der Waals surface area (Å²) in [4.78, 5) is 25.7. The summed E-state index contributed by atoms with van der Waals surface area (Å²) in [7, 11) is 0. The molecule has 0 radical (unpaired) electrons. The first kappa shape index (κ1) is 17.0. The van der Waals surface area contributed by atoms with Crippen molar-refractivity contribution in [3.8, 4) is 5.75 Å². The lowest BCUT2D eigenvalue weighted by Crippen LogP contribution is -2.35. The van der Waals surface area contributed by atoms with E-state index in [0.717, 1.165) is 18.5 Å². The van der Waals surface area contributed by atoms with Gasteiger partial charge in [0.15, 0.2) is 18.2 Å². The van der Waals surface area contributed by atoms with Crippen molar-refractivity contribution in [3.05, 3.63) is 54.3 Å². The van der Waals surface area contributed by atoms with Gasteiger partial charge in [-0.25, -0.2) is 4.39 Å². The molecule has 0 atom stereocenters. The molecule has 0 unspecified atom stereocenters. The Labute approximate surface area is 145 Å². The number of hydrogen-bond donors (Lipinski definition) is 1. The summed E-state index contributed by atoms with van der Waals surface area (Å²) in [6.45, 7) is 0.389. The predicted octanol–water partition coefficient (Wildman–Crippen LogP) is 3.36. The quantitative estimate of drug-likeness (QED) is 0.906. The lowest BCUT2D eigenvalue weighted by molar-refractivity contribution is -0.119. The minimum Gasteiger partial charge on any atom is -0.481 e. The third-order valence-electron chi connectivity index (χ3n) is 3.96. The second-order valence-corrected chi connectivity index (χ2v) is 5.82. The molecule has 3 rings (SSSR count). The Balaban J connectivity index is 1.61. The number of nitrogens with zero attached hydrogens (tertiary/aromatic N) is 1. The molecule has 0 saturated carbocycles. The van der Waals surface area contributed by atoms with Crippen LogP contribution in [-0.4, -0.2) is 25.0 Å². The van der Waals surface area contributed by atoms with Gasteiger partial charge in [0.25, 0.3) is 5.91 Å². The average Bonchev–Trinajstić information content (AvgIpc) is 2.62. The Morgan fingerprint density at radius 3 is 2.80 bits per heavy atom. The number of benzene rings is 2. The Hall–Kier alpha value is -2.89. The summed E-state index contributed by atoms with van der Waals surface area (Å²) in [6, 6.07) is 13.0. The summed E-state index contributed by atoms with van der Waals surface area (Å²) < 4.78 is 18.7. The molecule has 0 spiro atoms. The van der Waals surface area contributed by atoms with Crippen molar-refractivity contribution in [1.82, 2.24) is 0 Å². The van der Waals surface area contributed by atoms with Gasteiger partial charge in [-0.2, -0.15) is 0 Å². The average molecular weight is 342 g/mol. The molecular weight excluding hydrogens is 323 g/mol. The number of hydrogen-bond acceptors (Lipinski definition) is 3. The molecule has 1 saturated heterocycles. The summed E-state index contributed by atoms with van der Waals surface area (Å²) in [6.07, 6.45) is 2.44. The number of carbonyl (C=O) groups excluding carboxylic acids is 2. The van der Waals surface area contributed by atoms with Gasteiger partial charge in [0.05, 0.1) is 0 Å². The summed E-state index contributed by atoms with van der Waals surface area (Å²) in [5.74, 6) is -0.783. The van der Waals surface area contributed by atoms with Crippen molar-refractivity contribution in [3.63, 3.8) is 0 Å². The Kier molecular flexibility index (Phi) is 5.28. The number of halogens is 1. The van der Waals surface area contributed by atoms with Crippen LogP contribution in [0.2, 0.25) is 0 Å². The Bertz CT molecular complexity index is 779. The largest absolute Gasteiger partial charge is 0.481 e. The number of amides is 2. The summed E-state index contributed by atoms with van der Waals surface area (Å²) in [5, 5.41) is 2.70. The van der Waals surface area contributed by atoms with Gasteiger partial charge in [0, 0.05) is 24.3 Å². The maximum Gasteiger partial charge on any atom is 0.262 e. The number of para-hydroxylation sites is 1. The highest BCUT2D eigenvalue weighted by Gasteiger charge is 2.19. The molecule has 0 bridgehead atoms. The van der Waals surface area contributed by atoms with E-state index in [0.29, 0.717) is 18.7 Å². The number of carbonyl (C=O) groups is 2. The number of nitrogens with one attached hydrogen (secondary N) is 1. The van der Waals surface area contributed by atoms with E-state index in [9.17, 15) is 14.0 Å². The lowest BCUT2D eigenvalue weighted by atomic mass is 10.1. The molecule has 1 heterocycles. The highest BCUT2D eigenvalue weighted by Crippen LogP contribution is 2.24. The SMILES string of the molecule is O=C(COc1ccccc1F)Nc1cccc(N2CCCCC2=O)c1. The van der Waals surface area contributed by atoms with Gasteiger partial charge in [-0.3, -0.25) is 9.59 Å². The summed E-state index contributed by atoms with van der Waals surface area (Å²) in [5.41, 5.74) is 1.33. The van der Waals surface area contributed by atoms with E-state index >= 15 is 0 Å². The molecule has 1 N–H and O–H groups in total. The Morgan fingerprint density at radius 2 is 2.00 bits per heavy atom. The van der Waals surface area contributed by atoms with Crippen molar-refractivity contribution < 1.29 is 18.7 Å². The van der Waals surface area contributed by atoms with E-state index in [-0.39, 0.29) is 18.3 Å². The zero-order valence-corrected chi connectivity index (χ0v) is 13.7. The molecule has 6 heteroatoms. The second kappa shape index (κ2) is 7.79. The first-order valence-electron chi connectivity index (χ1n) is 8.21. The van der Waals surface area contributed by atoms with E-state index in [4.69, 9.17) is 4.74 Å². The van der Waals surface area contributed by atoms with Crippen LogP contribution in [0.4, 0.5) is 15.8 Å². The lowest BCUT2D eigenvalue weighted by Gasteiger charge is -2.27. The first-order chi connectivity index (χ1) is 12.1. The van der Waals surface area contributed by atoms with Crippen LogP contribution in [0, 0.1) is 5.82 Å². The van der Waals surface area contributed by atoms with E-state index in [1.807, 2.05) is 6.07 Å². The molecule has 1 fully saturated rings. The maximum absolute atomic E-state index is 13.5. The van der Waals surface area contributed by atoms with Crippen LogP contribution in [0.15, 0.2) is 48.5 Å². The topological polar surface area (TPSA) is 58.6 Å². The highest BCUT2D eigenvalue weighted by atomic mass is 19.1. The third kappa shape index (κ3) is 4.35. The van der Waals surface area contributed by atoms with E-state index < -0.39 is 11.7 Å². The molecule has 130 valence electrons. The van der Waals surface area contributed by atoms with Crippen LogP contribution in [0.5, 0.6) is 5.75 Å². The van der Waals surface area contributed by atoms with Gasteiger partial charge >= 0.3 is 0 Å². The van der Waals surface area contributed by atoms with Crippen LogP contribution >= 0.6 is 0 Å². The zero-order chi connectivity index (χ0) is 17.6. The fraction of sp³-hybridized carbons (Fsp3) is 0.263. The summed E-state index contributed by atoms with van der Waals surface area (Å²) >= 11 is 0. The van der Waals surface area contributed by atoms with Gasteiger partial charge in [-0.05, 0) is 43.2 Å². The Morgan fingerprint density at radius 1 is 1.16 bits per heavy atom. The van der Waals surface area contributed by atoms with Crippen molar-refractivity contribution in [2.24, 2.45) is 0 Å². The minimum atomic E-state index is -0.513. The van der Waals surface area contributed by atoms with Gasteiger partial charge in [-0.1, -0.05) is 18.2 Å². The van der Waals surface area contributed by atoms with Crippen molar-refractivity contribution in [2.45, 2.75) is 19.3 Å². The fourth-order valence-corrected chi connectivity index (χ4v) is 2.73. The van der Waals surface area contributed by atoms with Crippen molar-refractivity contribution >= 4 is 23.2 Å². The molecule has 0 aliphatic carbocycles. The van der Waals surface area contributed by atoms with Crippen LogP contribution in [-0.2, 0) is 9.59 Å². The normalized spacial score (nSPS) is 14.3. The van der Waals surface area contributed by atoms with Crippen LogP contribution in [0.25, 0.3) is 0 Å². The molecule has 0 aromatic heterocycles. The number of anilines is 2. The molecular formula is C19H19FN2O3. The number of piperidine rings is 1. The highest BCUT2D eigenvalue weighted by molar-refractivity contribution is 5.96. The van der Waals surface area contributed by atoms with Crippen LogP contribution < -0.4 is 15.0 Å². The molecule has 2 aromatic carbocycles. The molecule has 25 heavy (non-hydrogen) atoms. The first-order valence-corrected chi connectivity index (χ1v) is 8.21. The van der Waals surface area contributed by atoms with Gasteiger partial charge in [0.1, 0.15) is 0 Å². The maximum atomic E-state index is 13.5. The van der Waals surface area contributed by atoms with E-state index in [1.54, 1.807) is 35.2 Å². The molecule has 5 nitrogen and oxygen atoms in total. The van der Waals surface area contributed by atoms with Crippen LogP contribution in [0.3, 0.4) is 0 Å². The fourth-order valence-electron chi connectivity index (χ4n) is 2.73. The monoisotopic (exact) mass is 342 g/mol. The van der Waals surface area contributed by atoms with Crippen molar-refractivity contribution in [2.75, 3.05) is 23.4 Å². The van der Waals surface area contributed by atoms with Gasteiger partial charge < -0.3 is 15.0 Å². The minimum absolute atomic E-state index is 0.0327. The van der Waals surface area contributed by atoms with Crippen molar-refractivity contribution in [1.29, 1.82) is 0 Å². The predicted molar refractivity (Wildman–Crippen MR) is 93.2 cm³/mol.